The first kappa shape index (κ1) is 12.4. The van der Waals surface area contributed by atoms with Gasteiger partial charge in [-0.2, -0.15) is 0 Å². The van der Waals surface area contributed by atoms with Crippen LogP contribution in [0.4, 0.5) is 0 Å². The average Bonchev–Trinajstić information content (AvgIpc) is 2.75. The molecule has 1 aromatic carbocycles. The van der Waals surface area contributed by atoms with Gasteiger partial charge in [-0.15, -0.1) is 0 Å². The van der Waals surface area contributed by atoms with E-state index in [1.54, 1.807) is 7.11 Å². The van der Waals surface area contributed by atoms with Gasteiger partial charge in [0.2, 0.25) is 0 Å². The van der Waals surface area contributed by atoms with Crippen molar-refractivity contribution < 1.29 is 9.47 Å². The first-order valence-electron chi connectivity index (χ1n) is 6.22. The zero-order valence-corrected chi connectivity index (χ0v) is 10.8. The number of rotatable bonds is 4. The van der Waals surface area contributed by atoms with Crippen molar-refractivity contribution in [1.82, 2.24) is 5.32 Å². The fraction of sp³-hybridized carbons (Fsp3) is 0.571. The van der Waals surface area contributed by atoms with Crippen LogP contribution in [0.5, 0.6) is 5.75 Å². The highest BCUT2D eigenvalue weighted by Crippen LogP contribution is 2.21. The first-order chi connectivity index (χ1) is 8.20. The number of ether oxygens (including phenoxy) is 2. The van der Waals surface area contributed by atoms with E-state index in [-0.39, 0.29) is 0 Å². The van der Waals surface area contributed by atoms with Gasteiger partial charge in [-0.3, -0.25) is 0 Å². The maximum absolute atomic E-state index is 5.56. The van der Waals surface area contributed by atoms with E-state index in [1.165, 1.54) is 5.56 Å². The summed E-state index contributed by atoms with van der Waals surface area (Å²) in [6.07, 6.45) is 1.41. The van der Waals surface area contributed by atoms with Gasteiger partial charge in [-0.1, -0.05) is 12.1 Å². The number of benzene rings is 1. The summed E-state index contributed by atoms with van der Waals surface area (Å²) in [4.78, 5) is 0. The fourth-order valence-corrected chi connectivity index (χ4v) is 2.26. The van der Waals surface area contributed by atoms with Crippen LogP contribution in [0.3, 0.4) is 0 Å². The average molecular weight is 235 g/mol. The largest absolute Gasteiger partial charge is 0.497 e. The third-order valence-corrected chi connectivity index (χ3v) is 3.46. The van der Waals surface area contributed by atoms with Gasteiger partial charge >= 0.3 is 0 Å². The van der Waals surface area contributed by atoms with E-state index < -0.39 is 0 Å². The van der Waals surface area contributed by atoms with Gasteiger partial charge in [0.1, 0.15) is 5.75 Å². The lowest BCUT2D eigenvalue weighted by Crippen LogP contribution is -2.36. The zero-order chi connectivity index (χ0) is 12.3. The molecule has 0 aromatic heterocycles. The Hall–Kier alpha value is -1.06. The number of hydrogen-bond acceptors (Lipinski definition) is 3. The van der Waals surface area contributed by atoms with Crippen LogP contribution >= 0.6 is 0 Å². The molecule has 0 bridgehead atoms. The minimum absolute atomic E-state index is 0.315. The molecule has 94 valence electrons. The van der Waals surface area contributed by atoms with Crippen LogP contribution < -0.4 is 10.1 Å². The van der Waals surface area contributed by atoms with Crippen molar-refractivity contribution in [3.8, 4) is 5.75 Å². The molecule has 2 rings (SSSR count). The highest BCUT2D eigenvalue weighted by atomic mass is 16.5. The Bertz CT molecular complexity index is 350. The molecule has 3 nitrogen and oxygen atoms in total. The molecule has 0 saturated carbocycles. The van der Waals surface area contributed by atoms with E-state index in [0.717, 1.165) is 18.8 Å². The maximum atomic E-state index is 5.56. The summed E-state index contributed by atoms with van der Waals surface area (Å²) >= 11 is 0. The second kappa shape index (κ2) is 5.52. The third kappa shape index (κ3) is 2.99. The molecular weight excluding hydrogens is 214 g/mol. The van der Waals surface area contributed by atoms with Crippen molar-refractivity contribution in [2.45, 2.75) is 38.5 Å². The highest BCUT2D eigenvalue weighted by Gasteiger charge is 2.25. The molecule has 0 spiro atoms. The molecule has 0 amide bonds. The van der Waals surface area contributed by atoms with E-state index >= 15 is 0 Å². The van der Waals surface area contributed by atoms with E-state index in [0.29, 0.717) is 18.2 Å². The van der Waals surface area contributed by atoms with E-state index in [4.69, 9.17) is 9.47 Å². The Morgan fingerprint density at radius 1 is 1.35 bits per heavy atom. The Morgan fingerprint density at radius 2 is 2.06 bits per heavy atom. The number of methoxy groups -OCH3 is 1. The van der Waals surface area contributed by atoms with Crippen LogP contribution in [0.25, 0.3) is 0 Å². The summed E-state index contributed by atoms with van der Waals surface area (Å²) in [5, 5.41) is 3.62. The van der Waals surface area contributed by atoms with Gasteiger partial charge in [0.25, 0.3) is 0 Å². The summed E-state index contributed by atoms with van der Waals surface area (Å²) < 4.78 is 10.7. The number of hydrogen-bond donors (Lipinski definition) is 1. The molecule has 17 heavy (non-hydrogen) atoms. The lowest BCUT2D eigenvalue weighted by atomic mass is 10.1. The summed E-state index contributed by atoms with van der Waals surface area (Å²) in [5.41, 5.74) is 1.28. The van der Waals surface area contributed by atoms with Crippen LogP contribution in [-0.4, -0.2) is 25.9 Å². The van der Waals surface area contributed by atoms with E-state index in [2.05, 4.69) is 31.3 Å². The molecule has 3 atom stereocenters. The second-order valence-electron chi connectivity index (χ2n) is 4.63. The summed E-state index contributed by atoms with van der Waals surface area (Å²) in [6.45, 7) is 5.19. The van der Waals surface area contributed by atoms with Gasteiger partial charge in [-0.05, 0) is 38.0 Å². The molecule has 1 saturated heterocycles. The molecule has 1 fully saturated rings. The fourth-order valence-electron chi connectivity index (χ4n) is 2.26. The molecule has 1 heterocycles. The number of nitrogens with one attached hydrogen (secondary N) is 1. The van der Waals surface area contributed by atoms with Crippen LogP contribution in [0.1, 0.15) is 31.9 Å². The maximum Gasteiger partial charge on any atom is 0.118 e. The van der Waals surface area contributed by atoms with Crippen molar-refractivity contribution in [2.24, 2.45) is 0 Å². The second-order valence-corrected chi connectivity index (χ2v) is 4.63. The molecule has 1 aliphatic rings. The molecule has 1 aliphatic heterocycles. The van der Waals surface area contributed by atoms with Crippen LogP contribution in [0, 0.1) is 0 Å². The molecular formula is C14H21NO2. The SMILES string of the molecule is COc1ccc([C@@H](C)NC2CCOC2C)cc1. The van der Waals surface area contributed by atoms with E-state index in [9.17, 15) is 0 Å². The molecule has 1 N–H and O–H groups in total. The lowest BCUT2D eigenvalue weighted by molar-refractivity contribution is 0.111. The Kier molecular flexibility index (Phi) is 4.02. The third-order valence-electron chi connectivity index (χ3n) is 3.46. The van der Waals surface area contributed by atoms with Crippen molar-refractivity contribution in [1.29, 1.82) is 0 Å². The zero-order valence-electron chi connectivity index (χ0n) is 10.8. The van der Waals surface area contributed by atoms with Crippen molar-refractivity contribution in [3.05, 3.63) is 29.8 Å². The minimum Gasteiger partial charge on any atom is -0.497 e. The molecule has 2 unspecified atom stereocenters. The summed E-state index contributed by atoms with van der Waals surface area (Å²) in [7, 11) is 1.69. The van der Waals surface area contributed by atoms with Gasteiger partial charge in [0.05, 0.1) is 13.2 Å². The molecule has 0 aliphatic carbocycles. The summed E-state index contributed by atoms with van der Waals surface area (Å²) in [5.74, 6) is 0.901. The Balaban J connectivity index is 1.96. The van der Waals surface area contributed by atoms with E-state index in [1.807, 2.05) is 12.1 Å². The quantitative estimate of drug-likeness (QED) is 0.870. The predicted molar refractivity (Wildman–Crippen MR) is 68.4 cm³/mol. The molecule has 1 aromatic rings. The van der Waals surface area contributed by atoms with Crippen LogP contribution in [0.2, 0.25) is 0 Å². The standard InChI is InChI=1S/C14H21NO2/c1-10(15-14-8-9-17-11(14)2)12-4-6-13(16-3)7-5-12/h4-7,10-11,14-15H,8-9H2,1-3H3/t10-,11?,14?/m1/s1. The van der Waals surface area contributed by atoms with Gasteiger partial charge in [-0.25, -0.2) is 0 Å². The summed E-state index contributed by atoms with van der Waals surface area (Å²) in [6, 6.07) is 9.03. The van der Waals surface area contributed by atoms with Crippen molar-refractivity contribution in [2.75, 3.05) is 13.7 Å². The Morgan fingerprint density at radius 3 is 2.59 bits per heavy atom. The smallest absolute Gasteiger partial charge is 0.118 e. The first-order valence-corrected chi connectivity index (χ1v) is 6.22. The van der Waals surface area contributed by atoms with Gasteiger partial charge in [0, 0.05) is 18.7 Å². The topological polar surface area (TPSA) is 30.5 Å². The van der Waals surface area contributed by atoms with Crippen molar-refractivity contribution >= 4 is 0 Å². The van der Waals surface area contributed by atoms with Crippen LogP contribution in [0.15, 0.2) is 24.3 Å². The monoisotopic (exact) mass is 235 g/mol. The van der Waals surface area contributed by atoms with Gasteiger partial charge < -0.3 is 14.8 Å². The van der Waals surface area contributed by atoms with Crippen LogP contribution in [-0.2, 0) is 4.74 Å². The molecule has 0 radical (unpaired) electrons. The predicted octanol–water partition coefficient (Wildman–Crippen LogP) is 2.52. The minimum atomic E-state index is 0.315. The lowest BCUT2D eigenvalue weighted by Gasteiger charge is -2.22. The van der Waals surface area contributed by atoms with Crippen molar-refractivity contribution in [3.63, 3.8) is 0 Å². The van der Waals surface area contributed by atoms with Gasteiger partial charge in [0.15, 0.2) is 0 Å². The Labute approximate surface area is 103 Å². The normalized spacial score (nSPS) is 25.8. The highest BCUT2D eigenvalue weighted by molar-refractivity contribution is 5.28. The molecule has 3 heteroatoms.